The van der Waals surface area contributed by atoms with Crippen LogP contribution in [-0.4, -0.2) is 32.0 Å². The van der Waals surface area contributed by atoms with Gasteiger partial charge in [0.1, 0.15) is 0 Å². The number of aryl methyl sites for hydroxylation is 1. The molecule has 112 valence electrons. The van der Waals surface area contributed by atoms with Crippen molar-refractivity contribution in [1.29, 1.82) is 0 Å². The number of hydrogen-bond donors (Lipinski definition) is 1. The van der Waals surface area contributed by atoms with Crippen molar-refractivity contribution in [3.63, 3.8) is 0 Å². The Morgan fingerprint density at radius 3 is 3.00 bits per heavy atom. The summed E-state index contributed by atoms with van der Waals surface area (Å²) in [6.45, 7) is 7.92. The molecule has 3 atom stereocenters. The van der Waals surface area contributed by atoms with Crippen molar-refractivity contribution in [3.8, 4) is 0 Å². The molecule has 1 aromatic heterocycles. The summed E-state index contributed by atoms with van der Waals surface area (Å²) < 4.78 is 11.7. The minimum absolute atomic E-state index is 0.00287. The highest BCUT2D eigenvalue weighted by Crippen LogP contribution is 2.42. The molecule has 2 fully saturated rings. The van der Waals surface area contributed by atoms with Gasteiger partial charge in [0, 0.05) is 35.4 Å². The van der Waals surface area contributed by atoms with Crippen LogP contribution in [0.15, 0.2) is 12.1 Å². The third-order valence-corrected chi connectivity index (χ3v) is 5.65. The van der Waals surface area contributed by atoms with E-state index in [1.54, 1.807) is 0 Å². The van der Waals surface area contributed by atoms with Gasteiger partial charge in [-0.2, -0.15) is 0 Å². The zero-order chi connectivity index (χ0) is 14.0. The summed E-state index contributed by atoms with van der Waals surface area (Å²) >= 11 is 1.93. The number of nitrogens with one attached hydrogen (secondary N) is 1. The van der Waals surface area contributed by atoms with Gasteiger partial charge in [0.15, 0.2) is 0 Å². The maximum atomic E-state index is 6.08. The quantitative estimate of drug-likeness (QED) is 0.924. The highest BCUT2D eigenvalue weighted by molar-refractivity contribution is 7.12. The predicted octanol–water partition coefficient (Wildman–Crippen LogP) is 3.29. The summed E-state index contributed by atoms with van der Waals surface area (Å²) in [7, 11) is 0. The van der Waals surface area contributed by atoms with Gasteiger partial charge in [-0.1, -0.05) is 6.92 Å². The second-order valence-electron chi connectivity index (χ2n) is 6.07. The Balaban J connectivity index is 1.76. The molecule has 2 aliphatic rings. The molecule has 0 amide bonds. The van der Waals surface area contributed by atoms with E-state index in [0.717, 1.165) is 45.6 Å². The topological polar surface area (TPSA) is 30.5 Å². The van der Waals surface area contributed by atoms with Gasteiger partial charge in [0.2, 0.25) is 0 Å². The first-order valence-corrected chi connectivity index (χ1v) is 8.55. The molecular weight excluding hydrogens is 270 g/mol. The maximum absolute atomic E-state index is 6.08. The van der Waals surface area contributed by atoms with Crippen molar-refractivity contribution >= 4 is 11.3 Å². The van der Waals surface area contributed by atoms with Gasteiger partial charge in [0.05, 0.1) is 12.2 Å². The fourth-order valence-corrected chi connectivity index (χ4v) is 4.60. The standard InChI is InChI=1S/C16H25NO2S/c1-3-17-15(14-5-4-12(2)20-14)13-6-8-19-16(10-13)7-9-18-11-16/h4-5,13,15,17H,3,6-11H2,1-2H3. The predicted molar refractivity (Wildman–Crippen MR) is 82.3 cm³/mol. The number of ether oxygens (including phenoxy) is 2. The van der Waals surface area contributed by atoms with Gasteiger partial charge >= 0.3 is 0 Å². The van der Waals surface area contributed by atoms with Gasteiger partial charge in [-0.25, -0.2) is 0 Å². The molecule has 4 heteroatoms. The van der Waals surface area contributed by atoms with Crippen LogP contribution in [0.1, 0.15) is 42.0 Å². The summed E-state index contributed by atoms with van der Waals surface area (Å²) in [6, 6.07) is 5.00. The van der Waals surface area contributed by atoms with Gasteiger partial charge < -0.3 is 14.8 Å². The molecule has 1 aromatic rings. The lowest BCUT2D eigenvalue weighted by Gasteiger charge is -2.40. The fourth-order valence-electron chi connectivity index (χ4n) is 3.55. The average molecular weight is 295 g/mol. The van der Waals surface area contributed by atoms with Crippen LogP contribution in [0.4, 0.5) is 0 Å². The molecule has 0 bridgehead atoms. The minimum Gasteiger partial charge on any atom is -0.378 e. The van der Waals surface area contributed by atoms with Crippen LogP contribution < -0.4 is 5.32 Å². The second-order valence-corrected chi connectivity index (χ2v) is 7.39. The van der Waals surface area contributed by atoms with Crippen LogP contribution in [0.5, 0.6) is 0 Å². The van der Waals surface area contributed by atoms with Crippen molar-refractivity contribution in [2.75, 3.05) is 26.4 Å². The van der Waals surface area contributed by atoms with Crippen LogP contribution in [-0.2, 0) is 9.47 Å². The lowest BCUT2D eigenvalue weighted by atomic mass is 9.80. The number of rotatable bonds is 4. The molecule has 3 unspecified atom stereocenters. The molecule has 0 aromatic carbocycles. The van der Waals surface area contributed by atoms with Gasteiger partial charge in [-0.05, 0) is 44.4 Å². The normalized spacial score (nSPS) is 31.8. The van der Waals surface area contributed by atoms with Crippen molar-refractivity contribution in [3.05, 3.63) is 21.9 Å². The molecule has 3 rings (SSSR count). The molecule has 2 aliphatic heterocycles. The van der Waals surface area contributed by atoms with Crippen LogP contribution in [0, 0.1) is 12.8 Å². The summed E-state index contributed by atoms with van der Waals surface area (Å²) in [5, 5.41) is 3.70. The Hall–Kier alpha value is -0.420. The zero-order valence-corrected chi connectivity index (χ0v) is 13.3. The van der Waals surface area contributed by atoms with Crippen molar-refractivity contribution < 1.29 is 9.47 Å². The summed E-state index contributed by atoms with van der Waals surface area (Å²) in [5.74, 6) is 0.656. The molecule has 1 N–H and O–H groups in total. The van der Waals surface area contributed by atoms with E-state index in [2.05, 4.69) is 31.3 Å². The Morgan fingerprint density at radius 1 is 1.45 bits per heavy atom. The third-order valence-electron chi connectivity index (χ3n) is 4.56. The Bertz CT molecular complexity index is 439. The van der Waals surface area contributed by atoms with Gasteiger partial charge in [-0.15, -0.1) is 11.3 Å². The SMILES string of the molecule is CCNC(c1ccc(C)s1)C1CCOC2(CCOC2)C1. The smallest absolute Gasteiger partial charge is 0.0940 e. The Labute approximate surface area is 125 Å². The van der Waals surface area contributed by atoms with Crippen LogP contribution in [0.3, 0.4) is 0 Å². The highest BCUT2D eigenvalue weighted by atomic mass is 32.1. The van der Waals surface area contributed by atoms with E-state index in [-0.39, 0.29) is 5.60 Å². The molecule has 0 radical (unpaired) electrons. The molecule has 1 spiro atoms. The molecule has 3 nitrogen and oxygen atoms in total. The number of thiophene rings is 1. The van der Waals surface area contributed by atoms with Gasteiger partial charge in [0.25, 0.3) is 0 Å². The van der Waals surface area contributed by atoms with E-state index in [1.807, 2.05) is 11.3 Å². The van der Waals surface area contributed by atoms with Crippen molar-refractivity contribution in [2.24, 2.45) is 5.92 Å². The van der Waals surface area contributed by atoms with E-state index in [9.17, 15) is 0 Å². The summed E-state index contributed by atoms with van der Waals surface area (Å²) in [5.41, 5.74) is 0.00287. The fraction of sp³-hybridized carbons (Fsp3) is 0.750. The maximum Gasteiger partial charge on any atom is 0.0940 e. The molecule has 20 heavy (non-hydrogen) atoms. The first-order valence-electron chi connectivity index (χ1n) is 7.74. The summed E-state index contributed by atoms with van der Waals surface area (Å²) in [6.07, 6.45) is 3.34. The summed E-state index contributed by atoms with van der Waals surface area (Å²) in [4.78, 5) is 2.87. The van der Waals surface area contributed by atoms with Crippen LogP contribution in [0.2, 0.25) is 0 Å². The third kappa shape index (κ3) is 2.93. The largest absolute Gasteiger partial charge is 0.378 e. The Morgan fingerprint density at radius 2 is 2.35 bits per heavy atom. The Kier molecular flexibility index (Phi) is 4.46. The van der Waals surface area contributed by atoms with E-state index >= 15 is 0 Å². The van der Waals surface area contributed by atoms with Crippen LogP contribution in [0.25, 0.3) is 0 Å². The lowest BCUT2D eigenvalue weighted by Crippen LogP contribution is -2.44. The van der Waals surface area contributed by atoms with Gasteiger partial charge in [-0.3, -0.25) is 0 Å². The molecule has 0 saturated carbocycles. The first kappa shape index (κ1) is 14.5. The van der Waals surface area contributed by atoms with E-state index < -0.39 is 0 Å². The second kappa shape index (κ2) is 6.14. The van der Waals surface area contributed by atoms with E-state index in [0.29, 0.717) is 12.0 Å². The zero-order valence-electron chi connectivity index (χ0n) is 12.5. The van der Waals surface area contributed by atoms with Crippen molar-refractivity contribution in [2.45, 2.75) is 44.8 Å². The highest BCUT2D eigenvalue weighted by Gasteiger charge is 2.43. The van der Waals surface area contributed by atoms with E-state index in [4.69, 9.17) is 9.47 Å². The average Bonchev–Trinajstić information content (AvgIpc) is 3.06. The number of hydrogen-bond acceptors (Lipinski definition) is 4. The first-order chi connectivity index (χ1) is 9.72. The van der Waals surface area contributed by atoms with Crippen LogP contribution >= 0.6 is 11.3 Å². The monoisotopic (exact) mass is 295 g/mol. The molecule has 0 aliphatic carbocycles. The minimum atomic E-state index is 0.00287. The van der Waals surface area contributed by atoms with Crippen molar-refractivity contribution in [1.82, 2.24) is 5.32 Å². The molecule has 2 saturated heterocycles. The molecular formula is C16H25NO2S. The lowest BCUT2D eigenvalue weighted by molar-refractivity contribution is -0.103. The van der Waals surface area contributed by atoms with E-state index in [1.165, 1.54) is 9.75 Å². The molecule has 3 heterocycles.